The molecule has 1 fully saturated rings. The molecule has 1 unspecified atom stereocenters. The van der Waals surface area contributed by atoms with E-state index in [0.29, 0.717) is 25.8 Å². The Kier molecular flexibility index (Phi) is 6.03. The largest absolute Gasteiger partial charge is 0.388 e. The van der Waals surface area contributed by atoms with E-state index in [-0.39, 0.29) is 0 Å². The Bertz CT molecular complexity index is 200. The third-order valence-corrected chi connectivity index (χ3v) is 3.36. The van der Waals surface area contributed by atoms with Crippen molar-refractivity contribution in [3.8, 4) is 0 Å². The maximum atomic E-state index is 10.3. The second-order valence-corrected chi connectivity index (χ2v) is 4.69. The Hall–Kier alpha value is -0.380. The molecule has 1 rings (SSSR count). The van der Waals surface area contributed by atoms with Gasteiger partial charge >= 0.3 is 0 Å². The summed E-state index contributed by atoms with van der Waals surface area (Å²) in [7, 11) is 0. The quantitative estimate of drug-likeness (QED) is 0.652. The molecule has 1 heterocycles. The molecule has 1 atom stereocenters. The molecule has 1 saturated heterocycles. The number of allylic oxidation sites excluding steroid dienone is 1. The van der Waals surface area contributed by atoms with Gasteiger partial charge in [-0.05, 0) is 19.3 Å². The Morgan fingerprint density at radius 2 is 2.19 bits per heavy atom. The van der Waals surface area contributed by atoms with Gasteiger partial charge < -0.3 is 15.2 Å². The number of rotatable bonds is 7. The molecule has 0 amide bonds. The van der Waals surface area contributed by atoms with Crippen molar-refractivity contribution >= 4 is 0 Å². The number of nitrogens with one attached hydrogen (secondary N) is 1. The fourth-order valence-electron chi connectivity index (χ4n) is 2.03. The van der Waals surface area contributed by atoms with E-state index in [4.69, 9.17) is 4.74 Å². The summed E-state index contributed by atoms with van der Waals surface area (Å²) in [6.07, 6.45) is 6.68. The molecule has 0 aliphatic carbocycles. The molecule has 0 aromatic rings. The minimum Gasteiger partial charge on any atom is -0.388 e. The lowest BCUT2D eigenvalue weighted by Gasteiger charge is -2.33. The molecule has 2 N–H and O–H groups in total. The summed E-state index contributed by atoms with van der Waals surface area (Å²) in [4.78, 5) is 0. The van der Waals surface area contributed by atoms with Crippen LogP contribution in [-0.2, 0) is 4.74 Å². The molecular weight excluding hydrogens is 202 g/mol. The smallest absolute Gasteiger partial charge is 0.0815 e. The fraction of sp³-hybridized carbons (Fsp3) is 0.846. The van der Waals surface area contributed by atoms with E-state index < -0.39 is 5.60 Å². The van der Waals surface area contributed by atoms with Crippen LogP contribution in [0, 0.1) is 0 Å². The lowest BCUT2D eigenvalue weighted by molar-refractivity contribution is -0.0628. The van der Waals surface area contributed by atoms with Crippen LogP contribution in [-0.4, -0.2) is 36.5 Å². The van der Waals surface area contributed by atoms with Crippen molar-refractivity contribution in [2.24, 2.45) is 0 Å². The molecule has 0 bridgehead atoms. The van der Waals surface area contributed by atoms with Crippen molar-refractivity contribution in [3.05, 3.63) is 12.7 Å². The zero-order valence-electron chi connectivity index (χ0n) is 10.4. The SMILES string of the molecule is C=CCCC(CC)NCC1(O)CCOCC1. The van der Waals surface area contributed by atoms with E-state index in [9.17, 15) is 5.11 Å². The number of ether oxygens (including phenoxy) is 1. The van der Waals surface area contributed by atoms with Gasteiger partial charge in [-0.1, -0.05) is 13.0 Å². The van der Waals surface area contributed by atoms with Crippen LogP contribution in [0.5, 0.6) is 0 Å². The van der Waals surface area contributed by atoms with Gasteiger partial charge in [0.15, 0.2) is 0 Å². The zero-order chi connectivity index (χ0) is 11.9. The van der Waals surface area contributed by atoms with Crippen LogP contribution >= 0.6 is 0 Å². The Balaban J connectivity index is 2.26. The maximum Gasteiger partial charge on any atom is 0.0815 e. The maximum absolute atomic E-state index is 10.3. The van der Waals surface area contributed by atoms with Crippen LogP contribution in [0.3, 0.4) is 0 Å². The van der Waals surface area contributed by atoms with Gasteiger partial charge in [-0.3, -0.25) is 0 Å². The molecule has 0 aromatic heterocycles. The van der Waals surface area contributed by atoms with E-state index >= 15 is 0 Å². The van der Waals surface area contributed by atoms with Crippen LogP contribution in [0.25, 0.3) is 0 Å². The van der Waals surface area contributed by atoms with Gasteiger partial charge in [0.1, 0.15) is 0 Å². The van der Waals surface area contributed by atoms with E-state index in [0.717, 1.165) is 32.1 Å². The highest BCUT2D eigenvalue weighted by Gasteiger charge is 2.29. The molecule has 0 spiro atoms. The Labute approximate surface area is 98.9 Å². The Morgan fingerprint density at radius 1 is 1.50 bits per heavy atom. The lowest BCUT2D eigenvalue weighted by atomic mass is 9.93. The third kappa shape index (κ3) is 4.64. The van der Waals surface area contributed by atoms with Crippen molar-refractivity contribution in [1.82, 2.24) is 5.32 Å². The first-order valence-corrected chi connectivity index (χ1v) is 6.34. The molecule has 1 aliphatic heterocycles. The van der Waals surface area contributed by atoms with Crippen molar-refractivity contribution in [1.29, 1.82) is 0 Å². The molecular formula is C13H25NO2. The van der Waals surface area contributed by atoms with Crippen LogP contribution in [0.2, 0.25) is 0 Å². The third-order valence-electron chi connectivity index (χ3n) is 3.36. The summed E-state index contributed by atoms with van der Waals surface area (Å²) in [5.74, 6) is 0. The van der Waals surface area contributed by atoms with Crippen molar-refractivity contribution < 1.29 is 9.84 Å². The van der Waals surface area contributed by atoms with Gasteiger partial charge in [-0.2, -0.15) is 0 Å². The minimum absolute atomic E-state index is 0.491. The Morgan fingerprint density at radius 3 is 2.75 bits per heavy atom. The average molecular weight is 227 g/mol. The van der Waals surface area contributed by atoms with Crippen LogP contribution in [0.15, 0.2) is 12.7 Å². The molecule has 16 heavy (non-hydrogen) atoms. The van der Waals surface area contributed by atoms with Gasteiger partial charge in [0.25, 0.3) is 0 Å². The standard InChI is InChI=1S/C13H25NO2/c1-3-5-6-12(4-2)14-11-13(15)7-9-16-10-8-13/h3,12,14-15H,1,4-11H2,2H3. The van der Waals surface area contributed by atoms with Crippen LogP contribution in [0.1, 0.15) is 39.0 Å². The summed E-state index contributed by atoms with van der Waals surface area (Å²) in [6, 6.07) is 0.491. The van der Waals surface area contributed by atoms with Crippen LogP contribution in [0.4, 0.5) is 0 Å². The van der Waals surface area contributed by atoms with Gasteiger partial charge in [0, 0.05) is 38.6 Å². The van der Waals surface area contributed by atoms with E-state index in [1.165, 1.54) is 0 Å². The highest BCUT2D eigenvalue weighted by Crippen LogP contribution is 2.19. The number of hydrogen-bond acceptors (Lipinski definition) is 3. The first-order valence-electron chi connectivity index (χ1n) is 6.34. The second-order valence-electron chi connectivity index (χ2n) is 4.69. The van der Waals surface area contributed by atoms with Crippen molar-refractivity contribution in [2.75, 3.05) is 19.8 Å². The molecule has 3 heteroatoms. The number of hydrogen-bond donors (Lipinski definition) is 2. The van der Waals surface area contributed by atoms with Gasteiger partial charge in [-0.15, -0.1) is 6.58 Å². The first-order chi connectivity index (χ1) is 7.70. The summed E-state index contributed by atoms with van der Waals surface area (Å²) < 4.78 is 5.26. The number of aliphatic hydroxyl groups is 1. The predicted molar refractivity (Wildman–Crippen MR) is 66.5 cm³/mol. The monoisotopic (exact) mass is 227 g/mol. The van der Waals surface area contributed by atoms with Gasteiger partial charge in [0.2, 0.25) is 0 Å². The minimum atomic E-state index is -0.556. The van der Waals surface area contributed by atoms with E-state index in [1.54, 1.807) is 0 Å². The fourth-order valence-corrected chi connectivity index (χ4v) is 2.03. The lowest BCUT2D eigenvalue weighted by Crippen LogP contribution is -2.47. The molecule has 3 nitrogen and oxygen atoms in total. The summed E-state index contributed by atoms with van der Waals surface area (Å²) >= 11 is 0. The average Bonchev–Trinajstić information content (AvgIpc) is 2.30. The highest BCUT2D eigenvalue weighted by atomic mass is 16.5. The summed E-state index contributed by atoms with van der Waals surface area (Å²) in [5, 5.41) is 13.7. The molecule has 1 aliphatic rings. The molecule has 0 aromatic carbocycles. The zero-order valence-corrected chi connectivity index (χ0v) is 10.4. The van der Waals surface area contributed by atoms with Gasteiger partial charge in [-0.25, -0.2) is 0 Å². The van der Waals surface area contributed by atoms with Crippen molar-refractivity contribution in [3.63, 3.8) is 0 Å². The summed E-state index contributed by atoms with van der Waals surface area (Å²) in [5.41, 5.74) is -0.556. The van der Waals surface area contributed by atoms with Gasteiger partial charge in [0.05, 0.1) is 5.60 Å². The van der Waals surface area contributed by atoms with E-state index in [1.807, 2.05) is 6.08 Å². The van der Waals surface area contributed by atoms with Crippen molar-refractivity contribution in [2.45, 2.75) is 50.7 Å². The highest BCUT2D eigenvalue weighted by molar-refractivity contribution is 4.85. The normalized spacial score (nSPS) is 21.6. The predicted octanol–water partition coefficient (Wildman–Crippen LogP) is 1.86. The molecule has 0 radical (unpaired) electrons. The van der Waals surface area contributed by atoms with E-state index in [2.05, 4.69) is 18.8 Å². The first kappa shape index (κ1) is 13.7. The topological polar surface area (TPSA) is 41.5 Å². The van der Waals surface area contributed by atoms with Crippen LogP contribution < -0.4 is 5.32 Å². The molecule has 94 valence electrons. The molecule has 0 saturated carbocycles. The summed E-state index contributed by atoms with van der Waals surface area (Å²) in [6.45, 7) is 7.96. The second kappa shape index (κ2) is 7.05.